The number of benzene rings is 1. The molecule has 0 spiro atoms. The zero-order chi connectivity index (χ0) is 14.5. The van der Waals surface area contributed by atoms with Gasteiger partial charge in [-0.05, 0) is 26.8 Å². The predicted octanol–water partition coefficient (Wildman–Crippen LogP) is 2.22. The molecular formula is C14H22N2O3. The van der Waals surface area contributed by atoms with Crippen LogP contribution in [-0.2, 0) is 4.74 Å². The summed E-state index contributed by atoms with van der Waals surface area (Å²) in [5.41, 5.74) is 6.37. The lowest BCUT2D eigenvalue weighted by atomic mass is 10.1. The van der Waals surface area contributed by atoms with Gasteiger partial charge in [0.1, 0.15) is 11.4 Å². The number of para-hydroxylation sites is 1. The van der Waals surface area contributed by atoms with E-state index in [1.54, 1.807) is 7.11 Å². The van der Waals surface area contributed by atoms with Crippen molar-refractivity contribution >= 4 is 6.09 Å². The summed E-state index contributed by atoms with van der Waals surface area (Å²) in [6.45, 7) is 5.72. The Morgan fingerprint density at radius 3 is 2.58 bits per heavy atom. The summed E-state index contributed by atoms with van der Waals surface area (Å²) in [7, 11) is 1.59. The number of carbonyl (C=O) groups is 1. The minimum absolute atomic E-state index is 0.287. The third-order valence-corrected chi connectivity index (χ3v) is 2.40. The first-order valence-electron chi connectivity index (χ1n) is 6.19. The summed E-state index contributed by atoms with van der Waals surface area (Å²) >= 11 is 0. The molecule has 0 aliphatic rings. The van der Waals surface area contributed by atoms with Crippen LogP contribution in [0, 0.1) is 0 Å². The van der Waals surface area contributed by atoms with Crippen LogP contribution in [-0.4, -0.2) is 25.3 Å². The first kappa shape index (κ1) is 15.3. The number of carbonyl (C=O) groups excluding carboxylic acids is 1. The van der Waals surface area contributed by atoms with Gasteiger partial charge >= 0.3 is 6.09 Å². The Morgan fingerprint density at radius 2 is 2.00 bits per heavy atom. The summed E-state index contributed by atoms with van der Waals surface area (Å²) in [5.74, 6) is 0.709. The fraction of sp³-hybridized carbons (Fsp3) is 0.500. The van der Waals surface area contributed by atoms with E-state index in [1.807, 2.05) is 45.0 Å². The molecule has 0 unspecified atom stereocenters. The number of hydrogen-bond donors (Lipinski definition) is 2. The van der Waals surface area contributed by atoms with Crippen molar-refractivity contribution in [2.75, 3.05) is 13.7 Å². The summed E-state index contributed by atoms with van der Waals surface area (Å²) in [6.07, 6.45) is -0.474. The van der Waals surface area contributed by atoms with E-state index in [9.17, 15) is 4.79 Å². The highest BCUT2D eigenvalue weighted by Crippen LogP contribution is 2.22. The van der Waals surface area contributed by atoms with E-state index < -0.39 is 11.7 Å². The topological polar surface area (TPSA) is 73.6 Å². The Labute approximate surface area is 114 Å². The molecule has 1 aromatic rings. The third kappa shape index (κ3) is 5.18. The highest BCUT2D eigenvalue weighted by molar-refractivity contribution is 5.67. The minimum atomic E-state index is -0.515. The quantitative estimate of drug-likeness (QED) is 0.876. The Bertz CT molecular complexity index is 427. The summed E-state index contributed by atoms with van der Waals surface area (Å²) in [5, 5.41) is 2.65. The van der Waals surface area contributed by atoms with Gasteiger partial charge < -0.3 is 20.5 Å². The molecule has 0 aromatic heterocycles. The normalized spacial score (nSPS) is 12.7. The Kier molecular flexibility index (Phi) is 5.18. The second kappa shape index (κ2) is 6.43. The Hall–Kier alpha value is -1.75. The van der Waals surface area contributed by atoms with Crippen LogP contribution < -0.4 is 15.8 Å². The molecule has 106 valence electrons. The number of amides is 1. The molecule has 5 nitrogen and oxygen atoms in total. The fourth-order valence-electron chi connectivity index (χ4n) is 1.59. The lowest BCUT2D eigenvalue weighted by molar-refractivity contribution is 0.0524. The smallest absolute Gasteiger partial charge is 0.407 e. The van der Waals surface area contributed by atoms with Crippen LogP contribution >= 0.6 is 0 Å². The van der Waals surface area contributed by atoms with Crippen molar-refractivity contribution in [3.63, 3.8) is 0 Å². The Balaban J connectivity index is 2.56. The molecule has 0 heterocycles. The van der Waals surface area contributed by atoms with Gasteiger partial charge in [-0.1, -0.05) is 18.2 Å². The van der Waals surface area contributed by atoms with Gasteiger partial charge in [0.25, 0.3) is 0 Å². The highest BCUT2D eigenvalue weighted by Gasteiger charge is 2.17. The second-order valence-corrected chi connectivity index (χ2v) is 5.23. The van der Waals surface area contributed by atoms with Crippen LogP contribution in [0.1, 0.15) is 32.4 Å². The van der Waals surface area contributed by atoms with Crippen molar-refractivity contribution in [3.05, 3.63) is 29.8 Å². The molecule has 0 bridgehead atoms. The fourth-order valence-corrected chi connectivity index (χ4v) is 1.59. The van der Waals surface area contributed by atoms with Crippen LogP contribution in [0.5, 0.6) is 5.75 Å². The van der Waals surface area contributed by atoms with Crippen molar-refractivity contribution in [1.29, 1.82) is 0 Å². The molecule has 0 radical (unpaired) electrons. The van der Waals surface area contributed by atoms with E-state index in [0.29, 0.717) is 5.75 Å². The minimum Gasteiger partial charge on any atom is -0.496 e. The molecule has 3 N–H and O–H groups in total. The molecule has 1 atom stereocenters. The number of ether oxygens (including phenoxy) is 2. The van der Waals surface area contributed by atoms with Crippen LogP contribution in [0.2, 0.25) is 0 Å². The zero-order valence-corrected chi connectivity index (χ0v) is 11.9. The lowest BCUT2D eigenvalue weighted by Gasteiger charge is -2.21. The van der Waals surface area contributed by atoms with E-state index in [1.165, 1.54) is 0 Å². The van der Waals surface area contributed by atoms with Crippen LogP contribution in [0.25, 0.3) is 0 Å². The SMILES string of the molecule is COc1ccccc1[C@@H](N)CNC(=O)OC(C)(C)C. The molecule has 1 aromatic carbocycles. The number of rotatable bonds is 4. The van der Waals surface area contributed by atoms with E-state index in [0.717, 1.165) is 5.56 Å². The van der Waals surface area contributed by atoms with Crippen molar-refractivity contribution in [2.24, 2.45) is 5.73 Å². The van der Waals surface area contributed by atoms with E-state index in [-0.39, 0.29) is 12.6 Å². The number of nitrogens with one attached hydrogen (secondary N) is 1. The van der Waals surface area contributed by atoms with Gasteiger partial charge in [-0.2, -0.15) is 0 Å². The zero-order valence-electron chi connectivity index (χ0n) is 11.9. The van der Waals surface area contributed by atoms with E-state index in [2.05, 4.69) is 5.32 Å². The molecule has 0 saturated carbocycles. The van der Waals surface area contributed by atoms with E-state index >= 15 is 0 Å². The number of alkyl carbamates (subject to hydrolysis) is 1. The maximum atomic E-state index is 11.5. The van der Waals surface area contributed by atoms with Gasteiger partial charge in [0, 0.05) is 12.1 Å². The molecule has 0 aliphatic heterocycles. The average Bonchev–Trinajstić information content (AvgIpc) is 2.33. The lowest BCUT2D eigenvalue weighted by Crippen LogP contribution is -2.36. The average molecular weight is 266 g/mol. The Morgan fingerprint density at radius 1 is 1.37 bits per heavy atom. The molecular weight excluding hydrogens is 244 g/mol. The molecule has 1 amide bonds. The van der Waals surface area contributed by atoms with Gasteiger partial charge in [-0.3, -0.25) is 0 Å². The maximum absolute atomic E-state index is 11.5. The van der Waals surface area contributed by atoms with Crippen LogP contribution in [0.3, 0.4) is 0 Å². The van der Waals surface area contributed by atoms with Crippen molar-refractivity contribution in [1.82, 2.24) is 5.32 Å². The first-order chi connectivity index (χ1) is 8.83. The van der Waals surface area contributed by atoms with Gasteiger partial charge in [-0.15, -0.1) is 0 Å². The van der Waals surface area contributed by atoms with Gasteiger partial charge in [-0.25, -0.2) is 4.79 Å². The van der Waals surface area contributed by atoms with Crippen molar-refractivity contribution in [3.8, 4) is 5.75 Å². The summed E-state index contributed by atoms with van der Waals surface area (Å²) in [6, 6.07) is 7.12. The summed E-state index contributed by atoms with van der Waals surface area (Å²) in [4.78, 5) is 11.5. The molecule has 1 rings (SSSR count). The standard InChI is InChI=1S/C14H22N2O3/c1-14(2,3)19-13(17)16-9-11(15)10-7-5-6-8-12(10)18-4/h5-8,11H,9,15H2,1-4H3,(H,16,17)/t11-/m0/s1. The first-order valence-corrected chi connectivity index (χ1v) is 6.19. The van der Waals surface area contributed by atoms with E-state index in [4.69, 9.17) is 15.2 Å². The molecule has 19 heavy (non-hydrogen) atoms. The maximum Gasteiger partial charge on any atom is 0.407 e. The van der Waals surface area contributed by atoms with Crippen LogP contribution in [0.15, 0.2) is 24.3 Å². The monoisotopic (exact) mass is 266 g/mol. The second-order valence-electron chi connectivity index (χ2n) is 5.23. The highest BCUT2D eigenvalue weighted by atomic mass is 16.6. The van der Waals surface area contributed by atoms with Gasteiger partial charge in [0.2, 0.25) is 0 Å². The predicted molar refractivity (Wildman–Crippen MR) is 74.2 cm³/mol. The molecule has 0 aliphatic carbocycles. The summed E-state index contributed by atoms with van der Waals surface area (Å²) < 4.78 is 10.4. The molecule has 0 saturated heterocycles. The van der Waals surface area contributed by atoms with Crippen molar-refractivity contribution in [2.45, 2.75) is 32.4 Å². The molecule has 5 heteroatoms. The van der Waals surface area contributed by atoms with Gasteiger partial charge in [0.05, 0.1) is 13.2 Å². The number of nitrogens with two attached hydrogens (primary N) is 1. The van der Waals surface area contributed by atoms with Gasteiger partial charge in [0.15, 0.2) is 0 Å². The third-order valence-electron chi connectivity index (χ3n) is 2.40. The number of hydrogen-bond acceptors (Lipinski definition) is 4. The van der Waals surface area contributed by atoms with Crippen molar-refractivity contribution < 1.29 is 14.3 Å². The largest absolute Gasteiger partial charge is 0.496 e. The molecule has 0 fully saturated rings. The number of methoxy groups -OCH3 is 1. The van der Waals surface area contributed by atoms with Crippen LogP contribution in [0.4, 0.5) is 4.79 Å².